The molecule has 2 atom stereocenters. The van der Waals surface area contributed by atoms with Gasteiger partial charge in [0, 0.05) is 0 Å². The van der Waals surface area contributed by atoms with Gasteiger partial charge in [-0.15, -0.1) is 0 Å². The highest BCUT2D eigenvalue weighted by atomic mass is 32.2. The van der Waals surface area contributed by atoms with Gasteiger partial charge in [-0.1, -0.05) is 32.1 Å². The van der Waals surface area contributed by atoms with Crippen molar-refractivity contribution in [3.63, 3.8) is 0 Å². The fourth-order valence-corrected chi connectivity index (χ4v) is 2.02. The molecule has 0 aromatic rings. The summed E-state index contributed by atoms with van der Waals surface area (Å²) in [5, 5.41) is 8.37. The maximum Gasteiger partial charge on any atom is 0.267 e. The predicted octanol–water partition coefficient (Wildman–Crippen LogP) is 2.37. The molecule has 0 aliphatic carbocycles. The van der Waals surface area contributed by atoms with Gasteiger partial charge in [0.25, 0.3) is 10.1 Å². The van der Waals surface area contributed by atoms with Crippen LogP contribution in [0.25, 0.3) is 0 Å². The summed E-state index contributed by atoms with van der Waals surface area (Å²) in [6, 6.07) is 0. The summed E-state index contributed by atoms with van der Waals surface area (Å²) in [6.45, 7) is 3.32. The number of unbranched alkanes of at least 4 members (excludes halogenated alkanes) is 4. The van der Waals surface area contributed by atoms with E-state index >= 15 is 0 Å². The van der Waals surface area contributed by atoms with Gasteiger partial charge in [-0.3, -0.25) is 4.55 Å². The number of aliphatic hydroxyl groups is 1. The zero-order chi connectivity index (χ0) is 12.6. The van der Waals surface area contributed by atoms with E-state index in [1.54, 1.807) is 6.92 Å². The molecule has 0 saturated heterocycles. The third-order valence-electron chi connectivity index (χ3n) is 2.74. The van der Waals surface area contributed by atoms with E-state index in [9.17, 15) is 8.42 Å². The third-order valence-corrected chi connectivity index (χ3v) is 3.99. The van der Waals surface area contributed by atoms with E-state index in [0.29, 0.717) is 6.42 Å². The molecule has 0 amide bonds. The Labute approximate surface area is 98.8 Å². The second-order valence-corrected chi connectivity index (χ2v) is 6.35. The number of aliphatic hydroxyl groups excluding tert-OH is 1. The van der Waals surface area contributed by atoms with Gasteiger partial charge in [-0.2, -0.15) is 8.42 Å². The molecular formula is C11H24O4S. The van der Waals surface area contributed by atoms with Crippen molar-refractivity contribution in [2.24, 2.45) is 0 Å². The summed E-state index contributed by atoms with van der Waals surface area (Å²) in [7, 11) is -3.84. The van der Waals surface area contributed by atoms with Gasteiger partial charge >= 0.3 is 0 Å². The average Bonchev–Trinajstić information content (AvgIpc) is 2.14. The van der Waals surface area contributed by atoms with Gasteiger partial charge in [0.2, 0.25) is 0 Å². The van der Waals surface area contributed by atoms with Crippen molar-refractivity contribution in [1.29, 1.82) is 0 Å². The topological polar surface area (TPSA) is 74.6 Å². The Morgan fingerprint density at radius 3 is 1.81 bits per heavy atom. The van der Waals surface area contributed by atoms with Crippen molar-refractivity contribution in [3.05, 3.63) is 0 Å². The van der Waals surface area contributed by atoms with Crippen LogP contribution in [0.2, 0.25) is 0 Å². The second-order valence-electron chi connectivity index (χ2n) is 4.52. The lowest BCUT2D eigenvalue weighted by atomic mass is 10.1. The van der Waals surface area contributed by atoms with Gasteiger partial charge in [-0.25, -0.2) is 0 Å². The van der Waals surface area contributed by atoms with Crippen LogP contribution in [0.3, 0.4) is 0 Å². The minimum atomic E-state index is -3.84. The minimum Gasteiger partial charge on any atom is -0.393 e. The van der Waals surface area contributed by atoms with Crippen LogP contribution in [0.15, 0.2) is 0 Å². The molecule has 0 aromatic heterocycles. The largest absolute Gasteiger partial charge is 0.393 e. The van der Waals surface area contributed by atoms with Crippen LogP contribution in [-0.2, 0) is 10.1 Å². The molecule has 0 spiro atoms. The molecule has 4 nitrogen and oxygen atoms in total. The molecule has 0 aliphatic rings. The Kier molecular flexibility index (Phi) is 7.97. The fourth-order valence-electron chi connectivity index (χ4n) is 1.55. The van der Waals surface area contributed by atoms with Crippen LogP contribution in [0.4, 0.5) is 0 Å². The molecule has 5 heteroatoms. The van der Waals surface area contributed by atoms with Crippen molar-refractivity contribution in [1.82, 2.24) is 0 Å². The molecule has 0 saturated carbocycles. The van der Waals surface area contributed by atoms with Crippen molar-refractivity contribution in [2.45, 2.75) is 70.1 Å². The van der Waals surface area contributed by atoms with E-state index in [1.807, 2.05) is 0 Å². The highest BCUT2D eigenvalue weighted by molar-refractivity contribution is 7.86. The molecule has 0 bridgehead atoms. The maximum atomic E-state index is 10.7. The quantitative estimate of drug-likeness (QED) is 0.488. The molecule has 2 N–H and O–H groups in total. The first-order chi connectivity index (χ1) is 7.34. The average molecular weight is 252 g/mol. The van der Waals surface area contributed by atoms with Gasteiger partial charge in [0.1, 0.15) is 0 Å². The maximum absolute atomic E-state index is 10.7. The normalized spacial score (nSPS) is 16.0. The lowest BCUT2D eigenvalue weighted by Gasteiger charge is -2.07. The first kappa shape index (κ1) is 15.9. The van der Waals surface area contributed by atoms with Crippen molar-refractivity contribution in [3.8, 4) is 0 Å². The molecule has 0 aliphatic heterocycles. The van der Waals surface area contributed by atoms with E-state index in [-0.39, 0.29) is 6.10 Å². The Morgan fingerprint density at radius 1 is 0.938 bits per heavy atom. The van der Waals surface area contributed by atoms with Gasteiger partial charge in [0.15, 0.2) is 0 Å². The Balaban J connectivity index is 3.34. The molecular weight excluding hydrogens is 228 g/mol. The van der Waals surface area contributed by atoms with Crippen molar-refractivity contribution < 1.29 is 18.1 Å². The molecule has 98 valence electrons. The highest BCUT2D eigenvalue weighted by Crippen LogP contribution is 2.12. The number of hydrogen-bond acceptors (Lipinski definition) is 3. The fraction of sp³-hybridized carbons (Fsp3) is 1.00. The first-order valence-electron chi connectivity index (χ1n) is 5.98. The first-order valence-corrected chi connectivity index (χ1v) is 7.48. The summed E-state index contributed by atoms with van der Waals surface area (Å²) in [5.41, 5.74) is 0. The van der Waals surface area contributed by atoms with Crippen LogP contribution in [-0.4, -0.2) is 29.4 Å². The highest BCUT2D eigenvalue weighted by Gasteiger charge is 2.15. The summed E-state index contributed by atoms with van der Waals surface area (Å²) in [5.74, 6) is 0. The molecule has 16 heavy (non-hydrogen) atoms. The van der Waals surface area contributed by atoms with Gasteiger partial charge in [0.05, 0.1) is 11.4 Å². The Hall–Kier alpha value is -0.130. The molecule has 2 unspecified atom stereocenters. The monoisotopic (exact) mass is 252 g/mol. The van der Waals surface area contributed by atoms with E-state index < -0.39 is 15.4 Å². The van der Waals surface area contributed by atoms with Crippen LogP contribution in [0.1, 0.15) is 58.8 Å². The molecule has 0 aromatic carbocycles. The van der Waals surface area contributed by atoms with Gasteiger partial charge < -0.3 is 5.11 Å². The lowest BCUT2D eigenvalue weighted by molar-refractivity contribution is 0.180. The smallest absolute Gasteiger partial charge is 0.267 e. The lowest BCUT2D eigenvalue weighted by Crippen LogP contribution is -2.16. The Morgan fingerprint density at radius 2 is 1.38 bits per heavy atom. The summed E-state index contributed by atoms with van der Waals surface area (Å²) < 4.78 is 30.1. The number of hydrogen-bond donors (Lipinski definition) is 2. The zero-order valence-electron chi connectivity index (χ0n) is 10.2. The van der Waals surface area contributed by atoms with Gasteiger partial charge in [-0.05, 0) is 26.7 Å². The van der Waals surface area contributed by atoms with Crippen LogP contribution >= 0.6 is 0 Å². The summed E-state index contributed by atoms with van der Waals surface area (Å²) in [4.78, 5) is 0. The van der Waals surface area contributed by atoms with E-state index in [4.69, 9.17) is 9.66 Å². The third kappa shape index (κ3) is 9.12. The van der Waals surface area contributed by atoms with E-state index in [2.05, 4.69) is 0 Å². The molecule has 0 rings (SSSR count). The Bertz CT molecular complexity index is 259. The summed E-state index contributed by atoms with van der Waals surface area (Å²) in [6.07, 6.45) is 6.10. The second kappa shape index (κ2) is 8.03. The van der Waals surface area contributed by atoms with Crippen LogP contribution in [0, 0.1) is 0 Å². The molecule has 0 fully saturated rings. The SMILES string of the molecule is CC(O)CCCCCCCC(C)S(=O)(=O)O. The minimum absolute atomic E-state index is 0.223. The summed E-state index contributed by atoms with van der Waals surface area (Å²) >= 11 is 0. The zero-order valence-corrected chi connectivity index (χ0v) is 11.0. The van der Waals surface area contributed by atoms with E-state index in [0.717, 1.165) is 38.5 Å². The predicted molar refractivity (Wildman–Crippen MR) is 65.0 cm³/mol. The van der Waals surface area contributed by atoms with Crippen molar-refractivity contribution in [2.75, 3.05) is 0 Å². The standard InChI is InChI=1S/C11H24O4S/c1-10(12)8-6-4-3-5-7-9-11(2)16(13,14)15/h10-12H,3-9H2,1-2H3,(H,13,14,15). The van der Waals surface area contributed by atoms with Crippen molar-refractivity contribution >= 4 is 10.1 Å². The van der Waals surface area contributed by atoms with Crippen LogP contribution < -0.4 is 0 Å². The van der Waals surface area contributed by atoms with Crippen LogP contribution in [0.5, 0.6) is 0 Å². The molecule has 0 heterocycles. The van der Waals surface area contributed by atoms with E-state index in [1.165, 1.54) is 6.92 Å². The number of rotatable bonds is 9. The molecule has 0 radical (unpaired) electrons.